The zero-order valence-electron chi connectivity index (χ0n) is 25.2. The molecule has 0 aliphatic carbocycles. The van der Waals surface area contributed by atoms with Crippen LogP contribution < -0.4 is 0 Å². The summed E-state index contributed by atoms with van der Waals surface area (Å²) in [5.74, 6) is 0. The molecule has 0 bridgehead atoms. The number of para-hydroxylation sites is 5. The van der Waals surface area contributed by atoms with Crippen molar-refractivity contribution in [2.24, 2.45) is 0 Å². The molecule has 3 heterocycles. The van der Waals surface area contributed by atoms with Crippen LogP contribution >= 0.6 is 0 Å². The summed E-state index contributed by atoms with van der Waals surface area (Å²) in [6.45, 7) is 0. The minimum Gasteiger partial charge on any atom is -0.452 e. The molecule has 218 valence electrons. The zero-order valence-corrected chi connectivity index (χ0v) is 25.2. The Labute approximate surface area is 269 Å². The summed E-state index contributed by atoms with van der Waals surface area (Å²) in [5.41, 5.74) is 11.0. The fourth-order valence-corrected chi connectivity index (χ4v) is 7.58. The number of nitrogens with zero attached hydrogens (tertiary/aromatic N) is 3. The van der Waals surface area contributed by atoms with E-state index in [0.29, 0.717) is 11.1 Å². The number of fused-ring (bicyclic) bond motifs is 9. The zero-order chi connectivity index (χ0) is 31.1. The third-order valence-corrected chi connectivity index (χ3v) is 9.56. The lowest BCUT2D eigenvalue weighted by molar-refractivity contribution is 0.665. The van der Waals surface area contributed by atoms with Crippen LogP contribution in [0.5, 0.6) is 0 Å². The van der Waals surface area contributed by atoms with Gasteiger partial charge in [0.2, 0.25) is 0 Å². The molecule has 0 N–H and O–H groups in total. The summed E-state index contributed by atoms with van der Waals surface area (Å²) in [6.07, 6.45) is 0. The molecule has 0 saturated carbocycles. The van der Waals surface area contributed by atoms with E-state index >= 15 is 0 Å². The minimum absolute atomic E-state index is 0.540. The van der Waals surface area contributed by atoms with Crippen LogP contribution in [0.4, 0.5) is 0 Å². The molecule has 10 aromatic rings. The minimum atomic E-state index is 0.540. The Balaban J connectivity index is 1.26. The first-order chi connectivity index (χ1) is 23.3. The normalized spacial score (nSPS) is 11.8. The molecule has 0 unspecified atom stereocenters. The number of nitriles is 1. The SMILES string of the molecule is N#Cc1cccc2c1oc1c(-n3c4ccccc4c4c(-c5ccc6c(c5)c5ccccc5n6-c5ccccc5)cccc43)cccc12. The first kappa shape index (κ1) is 25.7. The summed E-state index contributed by atoms with van der Waals surface area (Å²) in [4.78, 5) is 0. The van der Waals surface area contributed by atoms with Gasteiger partial charge in [-0.25, -0.2) is 0 Å². The quantitative estimate of drug-likeness (QED) is 0.203. The monoisotopic (exact) mass is 599 g/mol. The third-order valence-electron chi connectivity index (χ3n) is 9.56. The van der Waals surface area contributed by atoms with Crippen molar-refractivity contribution in [3.63, 3.8) is 0 Å². The van der Waals surface area contributed by atoms with E-state index in [1.807, 2.05) is 18.2 Å². The number of hydrogen-bond acceptors (Lipinski definition) is 2. The highest BCUT2D eigenvalue weighted by Gasteiger charge is 2.21. The molecule has 0 aliphatic rings. The summed E-state index contributed by atoms with van der Waals surface area (Å²) in [5, 5.41) is 16.6. The van der Waals surface area contributed by atoms with Crippen molar-refractivity contribution in [1.82, 2.24) is 9.13 Å². The predicted octanol–water partition coefficient (Wildman–Crippen LogP) is 11.3. The van der Waals surface area contributed by atoms with E-state index in [-0.39, 0.29) is 0 Å². The average Bonchev–Trinajstić information content (AvgIpc) is 3.79. The molecule has 3 aromatic heterocycles. The largest absolute Gasteiger partial charge is 0.452 e. The van der Waals surface area contributed by atoms with Gasteiger partial charge in [-0.2, -0.15) is 5.26 Å². The van der Waals surface area contributed by atoms with Crippen LogP contribution in [0, 0.1) is 11.3 Å². The Hall–Kier alpha value is -6.57. The van der Waals surface area contributed by atoms with Crippen molar-refractivity contribution in [1.29, 1.82) is 5.26 Å². The van der Waals surface area contributed by atoms with Gasteiger partial charge in [0.05, 0.1) is 33.3 Å². The number of rotatable bonds is 3. The molecule has 0 amide bonds. The third kappa shape index (κ3) is 3.57. The molecule has 0 fully saturated rings. The van der Waals surface area contributed by atoms with E-state index < -0.39 is 0 Å². The Morgan fingerprint density at radius 3 is 1.94 bits per heavy atom. The molecule has 0 atom stereocenters. The predicted molar refractivity (Wildman–Crippen MR) is 193 cm³/mol. The van der Waals surface area contributed by atoms with Crippen LogP contribution in [0.3, 0.4) is 0 Å². The lowest BCUT2D eigenvalue weighted by Crippen LogP contribution is -1.94. The van der Waals surface area contributed by atoms with E-state index in [4.69, 9.17) is 4.42 Å². The average molecular weight is 600 g/mol. The van der Waals surface area contributed by atoms with E-state index in [1.165, 1.54) is 43.7 Å². The van der Waals surface area contributed by atoms with Crippen molar-refractivity contribution < 1.29 is 4.42 Å². The van der Waals surface area contributed by atoms with Crippen molar-refractivity contribution in [3.8, 4) is 28.6 Å². The molecular weight excluding hydrogens is 574 g/mol. The van der Waals surface area contributed by atoms with Gasteiger partial charge in [-0.05, 0) is 65.7 Å². The highest BCUT2D eigenvalue weighted by molar-refractivity contribution is 6.18. The van der Waals surface area contributed by atoms with E-state index in [2.05, 4.69) is 149 Å². The highest BCUT2D eigenvalue weighted by Crippen LogP contribution is 2.43. The molecule has 47 heavy (non-hydrogen) atoms. The first-order valence-corrected chi connectivity index (χ1v) is 15.8. The van der Waals surface area contributed by atoms with Gasteiger partial charge < -0.3 is 13.6 Å². The second-order valence-electron chi connectivity index (χ2n) is 12.0. The molecule has 0 spiro atoms. The number of hydrogen-bond donors (Lipinski definition) is 0. The highest BCUT2D eigenvalue weighted by atomic mass is 16.3. The Morgan fingerprint density at radius 1 is 0.468 bits per heavy atom. The van der Waals surface area contributed by atoms with Crippen molar-refractivity contribution >= 4 is 65.6 Å². The van der Waals surface area contributed by atoms with Gasteiger partial charge in [0.25, 0.3) is 0 Å². The summed E-state index contributed by atoms with van der Waals surface area (Å²) < 4.78 is 11.2. The number of benzene rings is 7. The Kier molecular flexibility index (Phi) is 5.32. The van der Waals surface area contributed by atoms with Crippen molar-refractivity contribution in [3.05, 3.63) is 157 Å². The maximum atomic E-state index is 9.80. The molecular formula is C43H25N3O. The number of furan rings is 1. The lowest BCUT2D eigenvalue weighted by atomic mass is 9.98. The topological polar surface area (TPSA) is 46.8 Å². The maximum Gasteiger partial charge on any atom is 0.159 e. The standard InChI is InChI=1S/C43H25N3O/c44-26-28-11-8-17-32-33-18-10-22-40(43(33)47-42(28)32)46-37-20-7-5-15-34(37)41-30(16-9-21-39(41)46)27-23-24-38-35(25-27)31-14-4-6-19-36(31)45(38)29-12-2-1-3-13-29/h1-25H. The van der Waals surface area contributed by atoms with Crippen molar-refractivity contribution in [2.75, 3.05) is 0 Å². The number of aromatic nitrogens is 2. The van der Waals surface area contributed by atoms with Gasteiger partial charge in [0.1, 0.15) is 6.07 Å². The smallest absolute Gasteiger partial charge is 0.159 e. The fraction of sp³-hybridized carbons (Fsp3) is 0. The fourth-order valence-electron chi connectivity index (χ4n) is 7.58. The Morgan fingerprint density at radius 2 is 1.11 bits per heavy atom. The van der Waals surface area contributed by atoms with Gasteiger partial charge in [-0.3, -0.25) is 0 Å². The summed E-state index contributed by atoms with van der Waals surface area (Å²) >= 11 is 0. The van der Waals surface area contributed by atoms with Gasteiger partial charge >= 0.3 is 0 Å². The van der Waals surface area contributed by atoms with E-state index in [0.717, 1.165) is 38.8 Å². The maximum absolute atomic E-state index is 9.80. The molecule has 4 heteroatoms. The van der Waals surface area contributed by atoms with Crippen molar-refractivity contribution in [2.45, 2.75) is 0 Å². The van der Waals surface area contributed by atoms with Crippen LogP contribution in [0.15, 0.2) is 156 Å². The molecule has 4 nitrogen and oxygen atoms in total. The Bertz CT molecular complexity index is 2910. The summed E-state index contributed by atoms with van der Waals surface area (Å²) in [7, 11) is 0. The van der Waals surface area contributed by atoms with Crippen LogP contribution in [0.25, 0.3) is 88.1 Å². The molecule has 0 aliphatic heterocycles. The van der Waals surface area contributed by atoms with Gasteiger partial charge in [0.15, 0.2) is 11.2 Å². The lowest BCUT2D eigenvalue weighted by Gasteiger charge is -2.10. The molecule has 7 aromatic carbocycles. The van der Waals surface area contributed by atoms with Gasteiger partial charge in [-0.1, -0.05) is 97.1 Å². The van der Waals surface area contributed by atoms with Gasteiger partial charge in [-0.15, -0.1) is 0 Å². The first-order valence-electron chi connectivity index (χ1n) is 15.8. The van der Waals surface area contributed by atoms with Crippen LogP contribution in [-0.2, 0) is 0 Å². The second kappa shape index (κ2) is 9.71. The van der Waals surface area contributed by atoms with Crippen LogP contribution in [0.1, 0.15) is 5.56 Å². The van der Waals surface area contributed by atoms with Gasteiger partial charge in [0, 0.05) is 38.0 Å². The van der Waals surface area contributed by atoms with E-state index in [9.17, 15) is 5.26 Å². The second-order valence-corrected chi connectivity index (χ2v) is 12.0. The molecule has 10 rings (SSSR count). The van der Waals surface area contributed by atoms with Crippen LogP contribution in [-0.4, -0.2) is 9.13 Å². The summed E-state index contributed by atoms with van der Waals surface area (Å²) in [6, 6.07) is 55.6. The molecule has 0 radical (unpaired) electrons. The van der Waals surface area contributed by atoms with Crippen LogP contribution in [0.2, 0.25) is 0 Å². The molecule has 0 saturated heterocycles. The van der Waals surface area contributed by atoms with E-state index in [1.54, 1.807) is 0 Å².